The van der Waals surface area contributed by atoms with E-state index in [4.69, 9.17) is 11.6 Å². The molecule has 2 N–H and O–H groups in total. The first-order chi connectivity index (χ1) is 7.20. The minimum atomic E-state index is -0.0928. The van der Waals surface area contributed by atoms with Crippen molar-refractivity contribution in [1.29, 1.82) is 0 Å². The largest absolute Gasteiger partial charge is 0.351 e. The Balaban J connectivity index is 2.42. The summed E-state index contributed by atoms with van der Waals surface area (Å²) in [5.41, 5.74) is 1.44. The maximum Gasteiger partial charge on any atom is 0.267 e. The van der Waals surface area contributed by atoms with E-state index < -0.39 is 0 Å². The van der Waals surface area contributed by atoms with E-state index in [1.807, 2.05) is 19.1 Å². The normalized spacial score (nSPS) is 10.5. The molecule has 0 saturated carbocycles. The molecular weight excluding hydrogens is 212 g/mol. The van der Waals surface area contributed by atoms with Crippen LogP contribution in [0.2, 0.25) is 5.02 Å². The van der Waals surface area contributed by atoms with Gasteiger partial charge >= 0.3 is 0 Å². The second-order valence-corrected chi connectivity index (χ2v) is 3.71. The van der Waals surface area contributed by atoms with E-state index in [0.29, 0.717) is 17.3 Å². The van der Waals surface area contributed by atoms with E-state index in [2.05, 4.69) is 10.3 Å². The van der Waals surface area contributed by atoms with Crippen molar-refractivity contribution in [2.24, 2.45) is 0 Å². The molecule has 1 amide bonds. The molecule has 2 rings (SSSR count). The lowest BCUT2D eigenvalue weighted by Crippen LogP contribution is -2.22. The number of rotatable bonds is 2. The Hall–Kier alpha value is -1.48. The lowest BCUT2D eigenvalue weighted by Gasteiger charge is -1.96. The molecule has 0 atom stereocenters. The number of carbonyl (C=O) groups is 1. The van der Waals surface area contributed by atoms with Crippen LogP contribution in [0.15, 0.2) is 24.3 Å². The Morgan fingerprint density at radius 3 is 3.00 bits per heavy atom. The summed E-state index contributed by atoms with van der Waals surface area (Å²) in [5, 5.41) is 4.38. The van der Waals surface area contributed by atoms with Crippen molar-refractivity contribution in [2.45, 2.75) is 6.92 Å². The molecular formula is C11H11ClN2O. The molecule has 0 unspecified atom stereocenters. The molecule has 0 aliphatic heterocycles. The molecule has 0 saturated heterocycles. The van der Waals surface area contributed by atoms with E-state index in [9.17, 15) is 4.79 Å². The number of benzene rings is 1. The summed E-state index contributed by atoms with van der Waals surface area (Å²) in [6, 6.07) is 7.31. The van der Waals surface area contributed by atoms with Crippen molar-refractivity contribution in [3.63, 3.8) is 0 Å². The van der Waals surface area contributed by atoms with Gasteiger partial charge in [0.1, 0.15) is 5.69 Å². The predicted octanol–water partition coefficient (Wildman–Crippen LogP) is 2.57. The van der Waals surface area contributed by atoms with Crippen molar-refractivity contribution in [3.05, 3.63) is 35.0 Å². The summed E-state index contributed by atoms with van der Waals surface area (Å²) in [6.07, 6.45) is 0. The van der Waals surface area contributed by atoms with Gasteiger partial charge in [-0.15, -0.1) is 0 Å². The van der Waals surface area contributed by atoms with Crippen LogP contribution in [-0.2, 0) is 0 Å². The topological polar surface area (TPSA) is 44.9 Å². The molecule has 0 spiro atoms. The number of hydrogen-bond donors (Lipinski definition) is 2. The van der Waals surface area contributed by atoms with Crippen molar-refractivity contribution in [1.82, 2.24) is 10.3 Å². The molecule has 0 aliphatic carbocycles. The molecule has 0 fully saturated rings. The quantitative estimate of drug-likeness (QED) is 0.806. The highest BCUT2D eigenvalue weighted by Gasteiger charge is 2.07. The molecule has 0 bridgehead atoms. The molecule has 4 heteroatoms. The Bertz CT molecular complexity index is 504. The number of halogens is 1. The fourth-order valence-corrected chi connectivity index (χ4v) is 1.65. The fraction of sp³-hybridized carbons (Fsp3) is 0.182. The van der Waals surface area contributed by atoms with Crippen LogP contribution in [0.25, 0.3) is 10.9 Å². The lowest BCUT2D eigenvalue weighted by atomic mass is 10.2. The van der Waals surface area contributed by atoms with Gasteiger partial charge in [-0.2, -0.15) is 0 Å². The zero-order valence-corrected chi connectivity index (χ0v) is 9.06. The third kappa shape index (κ3) is 1.97. The standard InChI is InChI=1S/C11H11ClN2O/c1-2-13-11(15)10-5-7-3-4-8(12)6-9(7)14-10/h3-6,14H,2H2,1H3,(H,13,15). The molecule has 3 nitrogen and oxygen atoms in total. The van der Waals surface area contributed by atoms with Gasteiger partial charge in [0.15, 0.2) is 0 Å². The van der Waals surface area contributed by atoms with Crippen LogP contribution >= 0.6 is 11.6 Å². The molecule has 2 aromatic rings. The minimum Gasteiger partial charge on any atom is -0.351 e. The van der Waals surface area contributed by atoms with E-state index >= 15 is 0 Å². The summed E-state index contributed by atoms with van der Waals surface area (Å²) in [4.78, 5) is 14.5. The zero-order chi connectivity index (χ0) is 10.8. The highest BCUT2D eigenvalue weighted by molar-refractivity contribution is 6.31. The van der Waals surface area contributed by atoms with E-state index in [1.165, 1.54) is 0 Å². The second kappa shape index (κ2) is 3.95. The monoisotopic (exact) mass is 222 g/mol. The first-order valence-electron chi connectivity index (χ1n) is 4.77. The van der Waals surface area contributed by atoms with Gasteiger partial charge in [-0.1, -0.05) is 17.7 Å². The summed E-state index contributed by atoms with van der Waals surface area (Å²) < 4.78 is 0. The van der Waals surface area contributed by atoms with Gasteiger partial charge in [0.2, 0.25) is 0 Å². The number of aromatic amines is 1. The molecule has 15 heavy (non-hydrogen) atoms. The van der Waals surface area contributed by atoms with Crippen molar-refractivity contribution in [3.8, 4) is 0 Å². The molecule has 1 aromatic carbocycles. The first-order valence-corrected chi connectivity index (χ1v) is 5.15. The summed E-state index contributed by atoms with van der Waals surface area (Å²) in [7, 11) is 0. The first kappa shape index (κ1) is 10.1. The second-order valence-electron chi connectivity index (χ2n) is 3.27. The minimum absolute atomic E-state index is 0.0928. The van der Waals surface area contributed by atoms with Crippen LogP contribution in [0.5, 0.6) is 0 Å². The number of hydrogen-bond acceptors (Lipinski definition) is 1. The van der Waals surface area contributed by atoms with E-state index in [1.54, 1.807) is 12.1 Å². The molecule has 0 aliphatic rings. The van der Waals surface area contributed by atoms with Gasteiger partial charge in [-0.3, -0.25) is 4.79 Å². The Morgan fingerprint density at radius 2 is 2.27 bits per heavy atom. The van der Waals surface area contributed by atoms with Crippen LogP contribution in [0.1, 0.15) is 17.4 Å². The third-order valence-corrected chi connectivity index (χ3v) is 2.40. The average Bonchev–Trinajstić information content (AvgIpc) is 2.60. The number of nitrogens with one attached hydrogen (secondary N) is 2. The summed E-state index contributed by atoms with van der Waals surface area (Å²) in [5.74, 6) is -0.0928. The number of H-pyrrole nitrogens is 1. The predicted molar refractivity (Wildman–Crippen MR) is 61.3 cm³/mol. The van der Waals surface area contributed by atoms with Crippen LogP contribution < -0.4 is 5.32 Å². The fourth-order valence-electron chi connectivity index (χ4n) is 1.48. The summed E-state index contributed by atoms with van der Waals surface area (Å²) >= 11 is 5.85. The SMILES string of the molecule is CCNC(=O)c1cc2ccc(Cl)cc2[nH]1. The molecule has 1 aromatic heterocycles. The maximum absolute atomic E-state index is 11.5. The van der Waals surface area contributed by atoms with Gasteiger partial charge in [0, 0.05) is 22.5 Å². The van der Waals surface area contributed by atoms with E-state index in [-0.39, 0.29) is 5.91 Å². The van der Waals surface area contributed by atoms with E-state index in [0.717, 1.165) is 10.9 Å². The molecule has 1 heterocycles. The zero-order valence-electron chi connectivity index (χ0n) is 8.30. The van der Waals surface area contributed by atoms with Gasteiger partial charge in [-0.05, 0) is 25.1 Å². The Labute approximate surface area is 92.4 Å². The van der Waals surface area contributed by atoms with Gasteiger partial charge in [0.05, 0.1) is 0 Å². The number of aromatic nitrogens is 1. The van der Waals surface area contributed by atoms with Gasteiger partial charge < -0.3 is 10.3 Å². The molecule has 0 radical (unpaired) electrons. The maximum atomic E-state index is 11.5. The van der Waals surface area contributed by atoms with Crippen molar-refractivity contribution < 1.29 is 4.79 Å². The van der Waals surface area contributed by atoms with Crippen LogP contribution in [0, 0.1) is 0 Å². The average molecular weight is 223 g/mol. The Kier molecular flexibility index (Phi) is 2.64. The smallest absolute Gasteiger partial charge is 0.267 e. The number of fused-ring (bicyclic) bond motifs is 1. The van der Waals surface area contributed by atoms with Crippen molar-refractivity contribution in [2.75, 3.05) is 6.54 Å². The number of amides is 1. The summed E-state index contributed by atoms with van der Waals surface area (Å²) in [6.45, 7) is 2.51. The van der Waals surface area contributed by atoms with Crippen LogP contribution in [0.4, 0.5) is 0 Å². The third-order valence-electron chi connectivity index (χ3n) is 2.17. The molecule has 78 valence electrons. The van der Waals surface area contributed by atoms with Crippen LogP contribution in [-0.4, -0.2) is 17.4 Å². The van der Waals surface area contributed by atoms with Gasteiger partial charge in [-0.25, -0.2) is 0 Å². The Morgan fingerprint density at radius 1 is 1.47 bits per heavy atom. The lowest BCUT2D eigenvalue weighted by molar-refractivity contribution is 0.0951. The highest BCUT2D eigenvalue weighted by Crippen LogP contribution is 2.19. The van der Waals surface area contributed by atoms with Crippen molar-refractivity contribution >= 4 is 28.4 Å². The number of carbonyl (C=O) groups excluding carboxylic acids is 1. The van der Waals surface area contributed by atoms with Gasteiger partial charge in [0.25, 0.3) is 5.91 Å². The van der Waals surface area contributed by atoms with Crippen LogP contribution in [0.3, 0.4) is 0 Å². The highest BCUT2D eigenvalue weighted by atomic mass is 35.5.